The zero-order valence-electron chi connectivity index (χ0n) is 16.7. The number of esters is 1. The quantitative estimate of drug-likeness (QED) is 0.180. The molecular formula is C20H29IN4O3. The number of rotatable bonds is 9. The molecule has 0 unspecified atom stereocenters. The molecule has 2 N–H and O–H groups in total. The van der Waals surface area contributed by atoms with E-state index in [4.69, 9.17) is 4.42 Å². The molecule has 0 fully saturated rings. The number of oxazole rings is 1. The van der Waals surface area contributed by atoms with E-state index in [-0.39, 0.29) is 29.9 Å². The van der Waals surface area contributed by atoms with Crippen molar-refractivity contribution >= 4 is 35.9 Å². The molecule has 1 aromatic carbocycles. The van der Waals surface area contributed by atoms with Gasteiger partial charge in [0.05, 0.1) is 13.7 Å². The van der Waals surface area contributed by atoms with Gasteiger partial charge in [-0.05, 0) is 38.8 Å². The summed E-state index contributed by atoms with van der Waals surface area (Å²) in [5, 5.41) is 6.45. The van der Waals surface area contributed by atoms with Crippen LogP contribution in [0.5, 0.6) is 0 Å². The van der Waals surface area contributed by atoms with Crippen molar-refractivity contribution in [3.8, 4) is 11.5 Å². The third-order valence-corrected chi connectivity index (χ3v) is 3.92. The number of nitrogens with zero attached hydrogens (tertiary/aromatic N) is 2. The van der Waals surface area contributed by atoms with Gasteiger partial charge >= 0.3 is 5.97 Å². The van der Waals surface area contributed by atoms with Crippen molar-refractivity contribution in [2.45, 2.75) is 39.7 Å². The highest BCUT2D eigenvalue weighted by molar-refractivity contribution is 14.0. The van der Waals surface area contributed by atoms with Gasteiger partial charge in [-0.15, -0.1) is 24.0 Å². The average Bonchev–Trinajstić information content (AvgIpc) is 3.15. The first-order valence-electron chi connectivity index (χ1n) is 9.22. The molecule has 1 heterocycles. The molecule has 28 heavy (non-hydrogen) atoms. The fourth-order valence-electron chi connectivity index (χ4n) is 2.41. The number of aryl methyl sites for hydroxylation is 1. The first-order valence-corrected chi connectivity index (χ1v) is 9.22. The molecule has 0 saturated carbocycles. The summed E-state index contributed by atoms with van der Waals surface area (Å²) in [6.07, 6.45) is 3.72. The number of unbranched alkanes of at least 4 members (excludes halogenated alkanes) is 1. The fourth-order valence-corrected chi connectivity index (χ4v) is 2.41. The van der Waals surface area contributed by atoms with Gasteiger partial charge in [-0.3, -0.25) is 4.79 Å². The third-order valence-electron chi connectivity index (χ3n) is 3.92. The van der Waals surface area contributed by atoms with Gasteiger partial charge in [-0.1, -0.05) is 17.7 Å². The van der Waals surface area contributed by atoms with Crippen LogP contribution < -0.4 is 10.6 Å². The lowest BCUT2D eigenvalue weighted by atomic mass is 10.1. The van der Waals surface area contributed by atoms with Crippen LogP contribution in [-0.4, -0.2) is 37.1 Å². The molecule has 2 rings (SSSR count). The molecule has 8 heteroatoms. The molecule has 0 aliphatic carbocycles. The highest BCUT2D eigenvalue weighted by atomic mass is 127. The lowest BCUT2D eigenvalue weighted by molar-refractivity contribution is -0.140. The van der Waals surface area contributed by atoms with Gasteiger partial charge in [0.2, 0.25) is 5.89 Å². The molecule has 1 aromatic heterocycles. The first kappa shape index (κ1) is 23.9. The van der Waals surface area contributed by atoms with E-state index in [9.17, 15) is 4.79 Å². The topological polar surface area (TPSA) is 88.8 Å². The maximum absolute atomic E-state index is 11.1. The second-order valence-corrected chi connectivity index (χ2v) is 6.17. The van der Waals surface area contributed by atoms with Crippen molar-refractivity contribution in [3.05, 3.63) is 41.8 Å². The number of hydrogen-bond donors (Lipinski definition) is 2. The van der Waals surface area contributed by atoms with Gasteiger partial charge in [0.25, 0.3) is 0 Å². The van der Waals surface area contributed by atoms with Gasteiger partial charge in [-0.2, -0.15) is 0 Å². The van der Waals surface area contributed by atoms with Crippen LogP contribution in [0.25, 0.3) is 11.5 Å². The van der Waals surface area contributed by atoms with Crippen LogP contribution in [0.3, 0.4) is 0 Å². The van der Waals surface area contributed by atoms with Crippen molar-refractivity contribution in [2.75, 3.05) is 20.2 Å². The standard InChI is InChI=1S/C20H28N4O3.HI/c1-4-21-20(22-12-6-5-7-18(25)26-3)23-13-17-14-27-19(24-17)16-10-8-15(2)9-11-16;/h8-11,14H,4-7,12-13H2,1-3H3,(H2,21,22,23);1H. The van der Waals surface area contributed by atoms with Crippen molar-refractivity contribution in [2.24, 2.45) is 4.99 Å². The predicted molar refractivity (Wildman–Crippen MR) is 121 cm³/mol. The van der Waals surface area contributed by atoms with E-state index < -0.39 is 0 Å². The molecule has 0 atom stereocenters. The smallest absolute Gasteiger partial charge is 0.305 e. The largest absolute Gasteiger partial charge is 0.469 e. The Bertz CT molecular complexity index is 744. The Labute approximate surface area is 183 Å². The number of aromatic nitrogens is 1. The van der Waals surface area contributed by atoms with Crippen LogP contribution in [0.1, 0.15) is 37.4 Å². The van der Waals surface area contributed by atoms with Crippen LogP contribution in [0.2, 0.25) is 0 Å². The van der Waals surface area contributed by atoms with E-state index in [0.717, 1.165) is 43.1 Å². The van der Waals surface area contributed by atoms with E-state index in [1.807, 2.05) is 38.1 Å². The van der Waals surface area contributed by atoms with E-state index in [0.29, 0.717) is 18.9 Å². The van der Waals surface area contributed by atoms with Crippen LogP contribution in [-0.2, 0) is 16.1 Å². The highest BCUT2D eigenvalue weighted by Gasteiger charge is 2.07. The van der Waals surface area contributed by atoms with E-state index in [1.165, 1.54) is 12.7 Å². The van der Waals surface area contributed by atoms with Crippen molar-refractivity contribution < 1.29 is 13.9 Å². The van der Waals surface area contributed by atoms with E-state index >= 15 is 0 Å². The van der Waals surface area contributed by atoms with Crippen LogP contribution in [0.4, 0.5) is 0 Å². The molecule has 0 amide bonds. The number of hydrogen-bond acceptors (Lipinski definition) is 5. The summed E-state index contributed by atoms with van der Waals surface area (Å²) in [5.41, 5.74) is 2.92. The number of carbonyl (C=O) groups excluding carboxylic acids is 1. The number of guanidine groups is 1. The highest BCUT2D eigenvalue weighted by Crippen LogP contribution is 2.19. The molecule has 0 spiro atoms. The Morgan fingerprint density at radius 1 is 1.21 bits per heavy atom. The second kappa shape index (κ2) is 13.1. The minimum absolute atomic E-state index is 0. The molecule has 0 aliphatic heterocycles. The zero-order chi connectivity index (χ0) is 19.5. The molecule has 7 nitrogen and oxygen atoms in total. The number of halogens is 1. The average molecular weight is 500 g/mol. The van der Waals surface area contributed by atoms with Gasteiger partial charge < -0.3 is 19.8 Å². The number of benzene rings is 1. The summed E-state index contributed by atoms with van der Waals surface area (Å²) in [4.78, 5) is 20.1. The molecular weight excluding hydrogens is 471 g/mol. The lowest BCUT2D eigenvalue weighted by Gasteiger charge is -2.10. The van der Waals surface area contributed by atoms with Crippen molar-refractivity contribution in [1.82, 2.24) is 15.6 Å². The lowest BCUT2D eigenvalue weighted by Crippen LogP contribution is -2.37. The van der Waals surface area contributed by atoms with Crippen LogP contribution in [0.15, 0.2) is 39.9 Å². The normalized spacial score (nSPS) is 10.9. The fraction of sp³-hybridized carbons (Fsp3) is 0.450. The Morgan fingerprint density at radius 2 is 1.96 bits per heavy atom. The van der Waals surface area contributed by atoms with Crippen molar-refractivity contribution in [3.63, 3.8) is 0 Å². The Hall–Kier alpha value is -2.10. The molecule has 0 radical (unpaired) electrons. The van der Waals surface area contributed by atoms with Crippen molar-refractivity contribution in [1.29, 1.82) is 0 Å². The SMILES string of the molecule is CCNC(=NCc1coc(-c2ccc(C)cc2)n1)NCCCCC(=O)OC.I. The maximum Gasteiger partial charge on any atom is 0.305 e. The molecule has 0 saturated heterocycles. The number of ether oxygens (including phenoxy) is 1. The number of carbonyl (C=O) groups is 1. The molecule has 0 aliphatic rings. The predicted octanol–water partition coefficient (Wildman–Crippen LogP) is 3.67. The van der Waals surface area contributed by atoms with Gasteiger partial charge in [0, 0.05) is 25.1 Å². The monoisotopic (exact) mass is 500 g/mol. The van der Waals surface area contributed by atoms with Crippen LogP contribution in [0, 0.1) is 6.92 Å². The van der Waals surface area contributed by atoms with E-state index in [1.54, 1.807) is 6.26 Å². The molecule has 154 valence electrons. The second-order valence-electron chi connectivity index (χ2n) is 6.17. The van der Waals surface area contributed by atoms with Gasteiger partial charge in [-0.25, -0.2) is 9.98 Å². The number of aliphatic imine (C=N–C) groups is 1. The Balaban J connectivity index is 0.00000392. The minimum Gasteiger partial charge on any atom is -0.469 e. The molecule has 2 aromatic rings. The summed E-state index contributed by atoms with van der Waals surface area (Å²) in [6.45, 7) is 5.98. The Morgan fingerprint density at radius 3 is 2.64 bits per heavy atom. The van der Waals surface area contributed by atoms with Gasteiger partial charge in [0.1, 0.15) is 12.0 Å². The molecule has 0 bridgehead atoms. The number of nitrogens with one attached hydrogen (secondary N) is 2. The third kappa shape index (κ3) is 8.28. The number of methoxy groups -OCH3 is 1. The van der Waals surface area contributed by atoms with Crippen LogP contribution >= 0.6 is 24.0 Å². The van der Waals surface area contributed by atoms with E-state index in [2.05, 4.69) is 25.3 Å². The maximum atomic E-state index is 11.1. The summed E-state index contributed by atoms with van der Waals surface area (Å²) in [6, 6.07) is 8.05. The first-order chi connectivity index (χ1) is 13.1. The minimum atomic E-state index is -0.175. The summed E-state index contributed by atoms with van der Waals surface area (Å²) in [7, 11) is 1.41. The summed E-state index contributed by atoms with van der Waals surface area (Å²) >= 11 is 0. The van der Waals surface area contributed by atoms with Gasteiger partial charge in [0.15, 0.2) is 5.96 Å². The zero-order valence-corrected chi connectivity index (χ0v) is 19.0. The summed E-state index contributed by atoms with van der Waals surface area (Å²) < 4.78 is 10.2. The summed E-state index contributed by atoms with van der Waals surface area (Å²) in [5.74, 6) is 1.14. The Kier molecular flexibility index (Phi) is 11.2.